The van der Waals surface area contributed by atoms with Crippen LogP contribution < -0.4 is 14.4 Å². The molecule has 5 rings (SSSR count). The van der Waals surface area contributed by atoms with E-state index in [9.17, 15) is 13.2 Å². The molecular formula is C27H23ClN4O4S2. The molecule has 3 aromatic carbocycles. The molecule has 0 fully saturated rings. The number of sulfonamides is 1. The fraction of sp³-hybridized carbons (Fsp3) is 0.148. The summed E-state index contributed by atoms with van der Waals surface area (Å²) in [5.74, 6) is 0.536. The highest BCUT2D eigenvalue weighted by atomic mass is 35.5. The summed E-state index contributed by atoms with van der Waals surface area (Å²) in [5, 5.41) is 3.60. The molecule has 0 atom stereocenters. The van der Waals surface area contributed by atoms with Crippen molar-refractivity contribution in [3.63, 3.8) is 0 Å². The number of halogens is 1. The highest BCUT2D eigenvalue weighted by Crippen LogP contribution is 2.44. The number of rotatable bonds is 8. The molecule has 1 aliphatic heterocycles. The normalized spacial score (nSPS) is 13.4. The van der Waals surface area contributed by atoms with E-state index in [-0.39, 0.29) is 34.0 Å². The predicted octanol–water partition coefficient (Wildman–Crippen LogP) is 4.92. The first-order valence-electron chi connectivity index (χ1n) is 11.6. The molecular weight excluding hydrogens is 544 g/mol. The molecule has 0 bridgehead atoms. The van der Waals surface area contributed by atoms with E-state index in [4.69, 9.17) is 16.3 Å². The number of methoxy groups -OCH3 is 1. The molecule has 38 heavy (non-hydrogen) atoms. The van der Waals surface area contributed by atoms with Crippen LogP contribution in [-0.2, 0) is 27.9 Å². The van der Waals surface area contributed by atoms with Crippen LogP contribution in [0.3, 0.4) is 0 Å². The highest BCUT2D eigenvalue weighted by molar-refractivity contribution is 7.99. The van der Waals surface area contributed by atoms with Gasteiger partial charge in [-0.15, -0.1) is 0 Å². The summed E-state index contributed by atoms with van der Waals surface area (Å²) in [6.07, 6.45) is 1.30. The number of ether oxygens (including phenoxy) is 1. The van der Waals surface area contributed by atoms with Crippen LogP contribution in [0.1, 0.15) is 11.1 Å². The van der Waals surface area contributed by atoms with E-state index >= 15 is 0 Å². The van der Waals surface area contributed by atoms with Gasteiger partial charge in [-0.1, -0.05) is 71.9 Å². The minimum atomic E-state index is -3.94. The maximum atomic E-state index is 13.6. The lowest BCUT2D eigenvalue weighted by Crippen LogP contribution is -2.34. The van der Waals surface area contributed by atoms with Crippen molar-refractivity contribution in [3.8, 4) is 17.0 Å². The standard InChI is InChI=1S/C27H23ClN4O4S2/c1-36-23-10-6-5-9-19(23)14-29-25(33)17-37-27-30-15-24-26(31-27)21-13-20(28)11-12-22(21)32(38(24,34)35)16-18-7-3-2-4-8-18/h2-13,15H,14,16-17H2,1H3,(H,29,33). The Balaban J connectivity index is 1.37. The van der Waals surface area contributed by atoms with Crippen molar-refractivity contribution >= 4 is 45.0 Å². The molecule has 8 nitrogen and oxygen atoms in total. The van der Waals surface area contributed by atoms with E-state index in [0.717, 1.165) is 22.9 Å². The number of hydrogen-bond acceptors (Lipinski definition) is 7. The lowest BCUT2D eigenvalue weighted by molar-refractivity contribution is -0.118. The number of aromatic nitrogens is 2. The Kier molecular flexibility index (Phi) is 7.55. The number of anilines is 1. The Bertz CT molecular complexity index is 1600. The number of benzene rings is 3. The minimum absolute atomic E-state index is 0.00632. The largest absolute Gasteiger partial charge is 0.496 e. The predicted molar refractivity (Wildman–Crippen MR) is 148 cm³/mol. The van der Waals surface area contributed by atoms with Gasteiger partial charge >= 0.3 is 0 Å². The summed E-state index contributed by atoms with van der Waals surface area (Å²) < 4.78 is 33.9. The Morgan fingerprint density at radius 3 is 2.63 bits per heavy atom. The van der Waals surface area contributed by atoms with Gasteiger partial charge < -0.3 is 10.1 Å². The van der Waals surface area contributed by atoms with Crippen molar-refractivity contribution in [3.05, 3.63) is 95.1 Å². The number of nitrogens with zero attached hydrogens (tertiary/aromatic N) is 3. The van der Waals surface area contributed by atoms with Crippen LogP contribution in [0.25, 0.3) is 11.3 Å². The number of thioether (sulfide) groups is 1. The van der Waals surface area contributed by atoms with Crippen LogP contribution in [0.5, 0.6) is 5.75 Å². The molecule has 0 saturated carbocycles. The number of para-hydroxylation sites is 1. The number of fused-ring (bicyclic) bond motifs is 3. The van der Waals surface area contributed by atoms with Gasteiger partial charge in [0.05, 0.1) is 37.0 Å². The lowest BCUT2D eigenvalue weighted by atomic mass is 10.1. The second kappa shape index (κ2) is 11.0. The fourth-order valence-corrected chi connectivity index (χ4v) is 6.49. The van der Waals surface area contributed by atoms with Crippen LogP contribution >= 0.6 is 23.4 Å². The van der Waals surface area contributed by atoms with Crippen molar-refractivity contribution < 1.29 is 17.9 Å². The van der Waals surface area contributed by atoms with Crippen molar-refractivity contribution in [1.29, 1.82) is 0 Å². The van der Waals surface area contributed by atoms with E-state index in [1.165, 1.54) is 10.5 Å². The molecule has 0 spiro atoms. The summed E-state index contributed by atoms with van der Waals surface area (Å²) in [5.41, 5.74) is 3.03. The molecule has 11 heteroatoms. The van der Waals surface area contributed by atoms with E-state index in [1.54, 1.807) is 25.3 Å². The van der Waals surface area contributed by atoms with Crippen LogP contribution in [0.15, 0.2) is 89.0 Å². The summed E-state index contributed by atoms with van der Waals surface area (Å²) >= 11 is 7.42. The summed E-state index contributed by atoms with van der Waals surface area (Å²) in [6, 6.07) is 21.8. The first-order chi connectivity index (χ1) is 18.4. The monoisotopic (exact) mass is 566 g/mol. The van der Waals surface area contributed by atoms with Gasteiger partial charge in [0, 0.05) is 22.7 Å². The van der Waals surface area contributed by atoms with Gasteiger partial charge in [-0.2, -0.15) is 0 Å². The molecule has 1 aromatic heterocycles. The number of nitrogens with one attached hydrogen (secondary N) is 1. The quantitative estimate of drug-likeness (QED) is 0.238. The van der Waals surface area contributed by atoms with E-state index < -0.39 is 10.0 Å². The Labute approximate surface area is 230 Å². The zero-order valence-electron chi connectivity index (χ0n) is 20.3. The molecule has 4 aromatic rings. The second-order valence-corrected chi connectivity index (χ2v) is 11.6. The Morgan fingerprint density at radius 2 is 1.84 bits per heavy atom. The second-order valence-electron chi connectivity index (χ2n) is 8.40. The molecule has 1 N–H and O–H groups in total. The minimum Gasteiger partial charge on any atom is -0.496 e. The average molecular weight is 567 g/mol. The van der Waals surface area contributed by atoms with Gasteiger partial charge in [0.1, 0.15) is 10.6 Å². The fourth-order valence-electron chi connectivity index (χ4n) is 4.11. The van der Waals surface area contributed by atoms with Crippen molar-refractivity contribution in [2.24, 2.45) is 0 Å². The third-order valence-electron chi connectivity index (χ3n) is 5.95. The van der Waals surface area contributed by atoms with E-state index in [0.29, 0.717) is 28.6 Å². The van der Waals surface area contributed by atoms with Gasteiger partial charge in [-0.3, -0.25) is 9.10 Å². The number of carbonyl (C=O) groups is 1. The van der Waals surface area contributed by atoms with Crippen LogP contribution in [0, 0.1) is 0 Å². The molecule has 194 valence electrons. The first kappa shape index (κ1) is 26.0. The van der Waals surface area contributed by atoms with Crippen molar-refractivity contribution in [1.82, 2.24) is 15.3 Å². The average Bonchev–Trinajstić information content (AvgIpc) is 2.93. The van der Waals surface area contributed by atoms with Gasteiger partial charge in [-0.25, -0.2) is 18.4 Å². The molecule has 0 unspecified atom stereocenters. The first-order valence-corrected chi connectivity index (χ1v) is 14.4. The molecule has 1 aliphatic rings. The van der Waals surface area contributed by atoms with Gasteiger partial charge in [0.25, 0.3) is 10.0 Å². The SMILES string of the molecule is COc1ccccc1CNC(=O)CSc1ncc2c(n1)-c1cc(Cl)ccc1N(Cc1ccccc1)S2(=O)=O. The molecule has 0 saturated heterocycles. The lowest BCUT2D eigenvalue weighted by Gasteiger charge is -2.31. The highest BCUT2D eigenvalue weighted by Gasteiger charge is 2.37. The summed E-state index contributed by atoms with van der Waals surface area (Å²) in [6.45, 7) is 0.468. The van der Waals surface area contributed by atoms with Crippen molar-refractivity contribution in [2.45, 2.75) is 23.1 Å². The zero-order valence-corrected chi connectivity index (χ0v) is 22.7. The zero-order chi connectivity index (χ0) is 26.7. The maximum Gasteiger partial charge on any atom is 0.268 e. The molecule has 0 aliphatic carbocycles. The Morgan fingerprint density at radius 1 is 1.08 bits per heavy atom. The van der Waals surface area contributed by atoms with E-state index in [1.807, 2.05) is 54.6 Å². The summed E-state index contributed by atoms with van der Waals surface area (Å²) in [7, 11) is -2.36. The molecule has 0 radical (unpaired) electrons. The van der Waals surface area contributed by atoms with Gasteiger partial charge in [0.2, 0.25) is 5.91 Å². The number of amides is 1. The third-order valence-corrected chi connectivity index (χ3v) is 8.81. The Hall–Kier alpha value is -3.60. The van der Waals surface area contributed by atoms with E-state index in [2.05, 4.69) is 15.3 Å². The topological polar surface area (TPSA) is 101 Å². The van der Waals surface area contributed by atoms with Crippen LogP contribution in [-0.4, -0.2) is 37.2 Å². The molecule has 2 heterocycles. The summed E-state index contributed by atoms with van der Waals surface area (Å²) in [4.78, 5) is 21.3. The van der Waals surface area contributed by atoms with Gasteiger partial charge in [0.15, 0.2) is 5.16 Å². The van der Waals surface area contributed by atoms with Crippen molar-refractivity contribution in [2.75, 3.05) is 17.2 Å². The van der Waals surface area contributed by atoms with Crippen LogP contribution in [0.4, 0.5) is 5.69 Å². The number of hydrogen-bond donors (Lipinski definition) is 1. The van der Waals surface area contributed by atoms with Gasteiger partial charge in [-0.05, 0) is 29.8 Å². The third kappa shape index (κ3) is 5.33. The maximum absolute atomic E-state index is 13.6. The molecule has 1 amide bonds. The van der Waals surface area contributed by atoms with Crippen LogP contribution in [0.2, 0.25) is 5.02 Å². The smallest absolute Gasteiger partial charge is 0.268 e. The number of carbonyl (C=O) groups excluding carboxylic acids is 1.